The first-order valence-corrected chi connectivity index (χ1v) is 2.72. The van der Waals surface area contributed by atoms with Gasteiger partial charge in [0.15, 0.2) is 6.35 Å². The molecule has 0 saturated carbocycles. The van der Waals surface area contributed by atoms with Crippen molar-refractivity contribution in [3.05, 3.63) is 0 Å². The second kappa shape index (κ2) is 2.41. The summed E-state index contributed by atoms with van der Waals surface area (Å²) in [6.07, 6.45) is 0.210. The molecule has 0 aromatic carbocycles. The number of hydrogen-bond acceptors (Lipinski definition) is 4. The molecule has 1 rings (SSSR count). The van der Waals surface area contributed by atoms with Gasteiger partial charge in [0.1, 0.15) is 0 Å². The van der Waals surface area contributed by atoms with Crippen LogP contribution in [0.3, 0.4) is 0 Å². The predicted octanol–water partition coefficient (Wildman–Crippen LogP) is -1.87. The van der Waals surface area contributed by atoms with Crippen molar-refractivity contribution in [2.45, 2.75) is 18.9 Å². The third-order valence-electron chi connectivity index (χ3n) is 1.16. The normalized spacial score (nSPS) is 39.8. The second-order valence-corrected chi connectivity index (χ2v) is 1.92. The molecule has 5 N–H and O–H groups in total. The van der Waals surface area contributed by atoms with Gasteiger partial charge in [-0.15, -0.1) is 0 Å². The number of nitrogens with two attached hydrogens (primary N) is 1. The van der Waals surface area contributed by atoms with Gasteiger partial charge in [0, 0.05) is 6.54 Å². The fourth-order valence-electron chi connectivity index (χ4n) is 0.721. The Morgan fingerprint density at radius 2 is 2.38 bits per heavy atom. The highest BCUT2D eigenvalue weighted by Crippen LogP contribution is 1.88. The quantitative estimate of drug-likeness (QED) is 0.300. The van der Waals surface area contributed by atoms with Gasteiger partial charge in [0.25, 0.3) is 0 Å². The molecule has 48 valence electrons. The van der Waals surface area contributed by atoms with E-state index in [2.05, 4.69) is 10.6 Å². The van der Waals surface area contributed by atoms with E-state index in [0.717, 1.165) is 13.0 Å². The number of aliphatic hydroxyl groups is 1. The van der Waals surface area contributed by atoms with Crippen LogP contribution in [0.25, 0.3) is 0 Å². The van der Waals surface area contributed by atoms with E-state index in [4.69, 9.17) is 10.8 Å². The van der Waals surface area contributed by atoms with E-state index in [0.29, 0.717) is 0 Å². The van der Waals surface area contributed by atoms with Crippen molar-refractivity contribution in [1.82, 2.24) is 10.6 Å². The van der Waals surface area contributed by atoms with Crippen molar-refractivity contribution in [3.8, 4) is 0 Å². The Balaban J connectivity index is 2.23. The van der Waals surface area contributed by atoms with E-state index in [-0.39, 0.29) is 6.17 Å². The van der Waals surface area contributed by atoms with Crippen molar-refractivity contribution in [3.63, 3.8) is 0 Å². The summed E-state index contributed by atoms with van der Waals surface area (Å²) < 4.78 is 0. The zero-order chi connectivity index (χ0) is 5.98. The lowest BCUT2D eigenvalue weighted by molar-refractivity contribution is 0.0661. The third kappa shape index (κ3) is 1.41. The molecule has 0 amide bonds. The largest absolute Gasteiger partial charge is 0.365 e. The van der Waals surface area contributed by atoms with E-state index < -0.39 is 6.35 Å². The summed E-state index contributed by atoms with van der Waals surface area (Å²) in [5, 5.41) is 14.3. The summed E-state index contributed by atoms with van der Waals surface area (Å²) in [6, 6.07) is 0. The van der Waals surface area contributed by atoms with Crippen LogP contribution in [-0.2, 0) is 0 Å². The molecule has 0 aliphatic carbocycles. The molecule has 1 fully saturated rings. The van der Waals surface area contributed by atoms with Crippen molar-refractivity contribution < 1.29 is 5.11 Å². The van der Waals surface area contributed by atoms with E-state index in [1.807, 2.05) is 0 Å². The topological polar surface area (TPSA) is 70.3 Å². The van der Waals surface area contributed by atoms with E-state index in [1.54, 1.807) is 0 Å². The Hall–Kier alpha value is -0.160. The minimum atomic E-state index is -0.612. The summed E-state index contributed by atoms with van der Waals surface area (Å²) >= 11 is 0. The summed E-state index contributed by atoms with van der Waals surface area (Å²) in [5.74, 6) is 0. The number of hydrogen-bond donors (Lipinski definition) is 4. The fourth-order valence-corrected chi connectivity index (χ4v) is 0.721. The average Bonchev–Trinajstić information content (AvgIpc) is 1.64. The van der Waals surface area contributed by atoms with Crippen LogP contribution in [0.5, 0.6) is 0 Å². The van der Waals surface area contributed by atoms with E-state index in [9.17, 15) is 0 Å². The Labute approximate surface area is 48.1 Å². The maximum atomic E-state index is 8.78. The molecule has 4 heteroatoms. The molecular weight excluding hydrogens is 106 g/mol. The smallest absolute Gasteiger partial charge is 0.161 e. The number of nitrogens with one attached hydrogen (secondary N) is 2. The average molecular weight is 117 g/mol. The van der Waals surface area contributed by atoms with Gasteiger partial charge >= 0.3 is 0 Å². The molecule has 2 unspecified atom stereocenters. The molecule has 0 spiro atoms. The van der Waals surface area contributed by atoms with Gasteiger partial charge in [-0.1, -0.05) is 0 Å². The van der Waals surface area contributed by atoms with Crippen LogP contribution < -0.4 is 16.4 Å². The maximum absolute atomic E-state index is 8.78. The van der Waals surface area contributed by atoms with Crippen molar-refractivity contribution in [2.24, 2.45) is 5.73 Å². The zero-order valence-corrected chi connectivity index (χ0v) is 4.59. The standard InChI is InChI=1S/C4H11N3O/c5-3-1-2-6-4(8)7-3/h3-4,6-8H,1-2,5H2. The second-order valence-electron chi connectivity index (χ2n) is 1.92. The van der Waals surface area contributed by atoms with Gasteiger partial charge < -0.3 is 10.8 Å². The first-order chi connectivity index (χ1) is 3.79. The molecule has 2 atom stereocenters. The molecule has 1 heterocycles. The summed E-state index contributed by atoms with van der Waals surface area (Å²) in [6.45, 7) is 0.787. The van der Waals surface area contributed by atoms with Crippen molar-refractivity contribution >= 4 is 0 Å². The molecular formula is C4H11N3O. The fraction of sp³-hybridized carbons (Fsp3) is 1.00. The lowest BCUT2D eigenvalue weighted by atomic mass is 10.3. The summed E-state index contributed by atoms with van der Waals surface area (Å²) in [7, 11) is 0. The van der Waals surface area contributed by atoms with Gasteiger partial charge in [-0.2, -0.15) is 0 Å². The highest BCUT2D eigenvalue weighted by atomic mass is 16.3. The van der Waals surface area contributed by atoms with Crippen molar-refractivity contribution in [2.75, 3.05) is 6.54 Å². The third-order valence-corrected chi connectivity index (χ3v) is 1.16. The molecule has 8 heavy (non-hydrogen) atoms. The van der Waals surface area contributed by atoms with Crippen LogP contribution in [0.1, 0.15) is 6.42 Å². The Morgan fingerprint density at radius 3 is 2.75 bits per heavy atom. The van der Waals surface area contributed by atoms with Gasteiger partial charge in [-0.05, 0) is 6.42 Å². The van der Waals surface area contributed by atoms with Gasteiger partial charge in [-0.25, -0.2) is 0 Å². The van der Waals surface area contributed by atoms with E-state index >= 15 is 0 Å². The predicted molar refractivity (Wildman–Crippen MR) is 29.7 cm³/mol. The molecule has 0 radical (unpaired) electrons. The van der Waals surface area contributed by atoms with Crippen LogP contribution in [0.4, 0.5) is 0 Å². The molecule has 1 aliphatic heterocycles. The molecule has 4 nitrogen and oxygen atoms in total. The van der Waals surface area contributed by atoms with Crippen molar-refractivity contribution in [1.29, 1.82) is 0 Å². The molecule has 0 aromatic rings. The van der Waals surface area contributed by atoms with Crippen LogP contribution in [0.2, 0.25) is 0 Å². The molecule has 1 aliphatic rings. The monoisotopic (exact) mass is 117 g/mol. The highest BCUT2D eigenvalue weighted by Gasteiger charge is 2.12. The Morgan fingerprint density at radius 1 is 1.62 bits per heavy atom. The van der Waals surface area contributed by atoms with Crippen LogP contribution >= 0.6 is 0 Å². The number of aliphatic hydroxyl groups excluding tert-OH is 1. The van der Waals surface area contributed by atoms with E-state index in [1.165, 1.54) is 0 Å². The first-order valence-electron chi connectivity index (χ1n) is 2.72. The molecule has 0 bridgehead atoms. The zero-order valence-electron chi connectivity index (χ0n) is 4.59. The van der Waals surface area contributed by atoms with Crippen LogP contribution in [0.15, 0.2) is 0 Å². The van der Waals surface area contributed by atoms with Crippen LogP contribution in [-0.4, -0.2) is 24.2 Å². The van der Waals surface area contributed by atoms with Gasteiger partial charge in [0.2, 0.25) is 0 Å². The van der Waals surface area contributed by atoms with Gasteiger partial charge in [0.05, 0.1) is 6.17 Å². The Kier molecular flexibility index (Phi) is 1.80. The van der Waals surface area contributed by atoms with Gasteiger partial charge in [-0.3, -0.25) is 10.6 Å². The summed E-state index contributed by atoms with van der Waals surface area (Å²) in [4.78, 5) is 0. The maximum Gasteiger partial charge on any atom is 0.161 e. The molecule has 0 aromatic heterocycles. The Bertz CT molecular complexity index is 69.7. The highest BCUT2D eigenvalue weighted by molar-refractivity contribution is 4.67. The minimum absolute atomic E-state index is 0.0498. The van der Waals surface area contributed by atoms with Crippen LogP contribution in [0, 0.1) is 0 Å². The molecule has 1 saturated heterocycles. The number of rotatable bonds is 0. The lowest BCUT2D eigenvalue weighted by Crippen LogP contribution is -2.56. The minimum Gasteiger partial charge on any atom is -0.365 e. The first kappa shape index (κ1) is 5.97. The lowest BCUT2D eigenvalue weighted by Gasteiger charge is -2.25. The SMILES string of the molecule is NC1CCNC(O)N1. The summed E-state index contributed by atoms with van der Waals surface area (Å²) in [5.41, 5.74) is 5.41.